The third-order valence-corrected chi connectivity index (χ3v) is 7.86. The Hall–Kier alpha value is -3.86. The Kier molecular flexibility index (Phi) is 6.76. The van der Waals surface area contributed by atoms with Crippen LogP contribution in [-0.2, 0) is 16.9 Å². The summed E-state index contributed by atoms with van der Waals surface area (Å²) < 4.78 is 8.37. The zero-order valence-corrected chi connectivity index (χ0v) is 22.0. The molecule has 1 aromatic carbocycles. The molecule has 0 spiro atoms. The van der Waals surface area contributed by atoms with Gasteiger partial charge in [-0.3, -0.25) is 4.79 Å². The quantitative estimate of drug-likeness (QED) is 0.299. The number of ether oxygens (including phenoxy) is 1. The zero-order valence-electron chi connectivity index (χ0n) is 22.0. The van der Waals surface area contributed by atoms with E-state index in [0.29, 0.717) is 40.5 Å². The fourth-order valence-corrected chi connectivity index (χ4v) is 5.54. The molecule has 4 aromatic rings. The normalized spacial score (nSPS) is 20.5. The lowest BCUT2D eigenvalue weighted by Crippen LogP contribution is -2.47. The molecule has 3 N–H and O–H groups in total. The second kappa shape index (κ2) is 10.4. The summed E-state index contributed by atoms with van der Waals surface area (Å²) in [6.45, 7) is 4.42. The lowest BCUT2D eigenvalue weighted by atomic mass is 9.82. The number of hydrogen-bond acceptors (Lipinski definition) is 8. The molecule has 10 nitrogen and oxygen atoms in total. The van der Waals surface area contributed by atoms with E-state index in [2.05, 4.69) is 51.4 Å². The Labute approximate surface area is 226 Å². The minimum atomic E-state index is -1.14. The SMILES string of the molecule is C=CCn1c(=O)c2cnc(Nc3ccc(C4CCC(NC)CC4)cc3)nc2n1-c1cccc(C2(O)COC2)n1. The maximum Gasteiger partial charge on any atom is 0.278 e. The molecule has 0 unspecified atom stereocenters. The van der Waals surface area contributed by atoms with Gasteiger partial charge < -0.3 is 20.5 Å². The largest absolute Gasteiger partial charge is 0.379 e. The third kappa shape index (κ3) is 4.75. The fourth-order valence-electron chi connectivity index (χ4n) is 5.54. The molecular formula is C29H33N7O3. The summed E-state index contributed by atoms with van der Waals surface area (Å²) in [7, 11) is 2.04. The van der Waals surface area contributed by atoms with Crippen molar-refractivity contribution < 1.29 is 9.84 Å². The number of aliphatic hydroxyl groups is 1. The van der Waals surface area contributed by atoms with E-state index >= 15 is 0 Å². The molecular weight excluding hydrogens is 494 g/mol. The number of anilines is 2. The van der Waals surface area contributed by atoms with Crippen molar-refractivity contribution in [2.24, 2.45) is 0 Å². The highest BCUT2D eigenvalue weighted by Gasteiger charge is 2.39. The number of rotatable bonds is 8. The Morgan fingerprint density at radius 2 is 1.90 bits per heavy atom. The van der Waals surface area contributed by atoms with E-state index in [4.69, 9.17) is 9.72 Å². The highest BCUT2D eigenvalue weighted by Crippen LogP contribution is 2.33. The van der Waals surface area contributed by atoms with Gasteiger partial charge >= 0.3 is 0 Å². The van der Waals surface area contributed by atoms with Crippen molar-refractivity contribution in [3.05, 3.63) is 82.9 Å². The Balaban J connectivity index is 1.31. The second-order valence-corrected chi connectivity index (χ2v) is 10.4. The first-order chi connectivity index (χ1) is 19.0. The number of pyridine rings is 1. The number of fused-ring (bicyclic) bond motifs is 1. The molecule has 0 amide bonds. The van der Waals surface area contributed by atoms with Gasteiger partial charge in [-0.1, -0.05) is 24.3 Å². The van der Waals surface area contributed by atoms with Crippen molar-refractivity contribution in [1.82, 2.24) is 29.6 Å². The monoisotopic (exact) mass is 527 g/mol. The Morgan fingerprint density at radius 1 is 1.13 bits per heavy atom. The first-order valence-corrected chi connectivity index (χ1v) is 13.4. The minimum absolute atomic E-state index is 0.182. The van der Waals surface area contributed by atoms with Crippen LogP contribution >= 0.6 is 0 Å². The van der Waals surface area contributed by atoms with Crippen LogP contribution in [0.5, 0.6) is 0 Å². The van der Waals surface area contributed by atoms with E-state index in [1.54, 1.807) is 29.0 Å². The molecule has 0 atom stereocenters. The van der Waals surface area contributed by atoms with E-state index in [9.17, 15) is 9.90 Å². The summed E-state index contributed by atoms with van der Waals surface area (Å²) in [6.07, 6.45) is 7.97. The van der Waals surface area contributed by atoms with Crippen molar-refractivity contribution in [3.8, 4) is 5.82 Å². The van der Waals surface area contributed by atoms with Gasteiger partial charge in [0, 0.05) is 17.9 Å². The van der Waals surface area contributed by atoms with Crippen LogP contribution < -0.4 is 16.2 Å². The van der Waals surface area contributed by atoms with Crippen molar-refractivity contribution in [3.63, 3.8) is 0 Å². The third-order valence-electron chi connectivity index (χ3n) is 7.86. The molecule has 4 heterocycles. The summed E-state index contributed by atoms with van der Waals surface area (Å²) in [4.78, 5) is 27.1. The molecule has 3 aromatic heterocycles. The van der Waals surface area contributed by atoms with Crippen LogP contribution in [0, 0.1) is 0 Å². The molecule has 1 saturated carbocycles. The minimum Gasteiger partial charge on any atom is -0.379 e. The predicted molar refractivity (Wildman–Crippen MR) is 150 cm³/mol. The highest BCUT2D eigenvalue weighted by molar-refractivity contribution is 5.77. The molecule has 0 radical (unpaired) electrons. The molecule has 1 aliphatic carbocycles. The van der Waals surface area contributed by atoms with Crippen LogP contribution in [0.4, 0.5) is 11.6 Å². The maximum absolute atomic E-state index is 13.3. The molecule has 39 heavy (non-hydrogen) atoms. The van der Waals surface area contributed by atoms with E-state index in [-0.39, 0.29) is 25.3 Å². The zero-order chi connectivity index (χ0) is 27.0. The number of nitrogens with zero attached hydrogens (tertiary/aromatic N) is 5. The predicted octanol–water partition coefficient (Wildman–Crippen LogP) is 3.37. The summed E-state index contributed by atoms with van der Waals surface area (Å²) in [5.41, 5.74) is 1.74. The van der Waals surface area contributed by atoms with Gasteiger partial charge in [-0.05, 0) is 68.5 Å². The van der Waals surface area contributed by atoms with Crippen LogP contribution in [-0.4, -0.2) is 55.7 Å². The topological polar surface area (TPSA) is 119 Å². The molecule has 1 saturated heterocycles. The Morgan fingerprint density at radius 3 is 2.56 bits per heavy atom. The van der Waals surface area contributed by atoms with E-state index in [1.165, 1.54) is 42.1 Å². The molecule has 2 fully saturated rings. The molecule has 6 rings (SSSR count). The first-order valence-electron chi connectivity index (χ1n) is 13.4. The number of nitrogens with one attached hydrogen (secondary N) is 2. The van der Waals surface area contributed by atoms with Gasteiger partial charge in [-0.2, -0.15) is 4.98 Å². The number of aromatic nitrogens is 5. The number of benzene rings is 1. The van der Waals surface area contributed by atoms with E-state index in [1.807, 2.05) is 7.05 Å². The molecule has 0 bridgehead atoms. The number of hydrogen-bond donors (Lipinski definition) is 3. The average molecular weight is 528 g/mol. The van der Waals surface area contributed by atoms with Crippen molar-refractivity contribution in [2.45, 2.75) is 49.8 Å². The van der Waals surface area contributed by atoms with Gasteiger partial charge in [0.25, 0.3) is 5.56 Å². The van der Waals surface area contributed by atoms with E-state index < -0.39 is 5.60 Å². The summed E-state index contributed by atoms with van der Waals surface area (Å²) in [5.74, 6) is 1.42. The number of allylic oxidation sites excluding steroid dienone is 1. The van der Waals surface area contributed by atoms with Gasteiger partial charge in [0.05, 0.1) is 25.5 Å². The van der Waals surface area contributed by atoms with Gasteiger partial charge in [0.2, 0.25) is 5.95 Å². The maximum atomic E-state index is 13.3. The van der Waals surface area contributed by atoms with Crippen LogP contribution in [0.1, 0.15) is 42.9 Å². The average Bonchev–Trinajstić information content (AvgIpc) is 3.23. The van der Waals surface area contributed by atoms with Gasteiger partial charge in [-0.15, -0.1) is 6.58 Å². The van der Waals surface area contributed by atoms with Gasteiger partial charge in [0.1, 0.15) is 5.39 Å². The molecule has 202 valence electrons. The van der Waals surface area contributed by atoms with Crippen LogP contribution in [0.2, 0.25) is 0 Å². The molecule has 2 aliphatic rings. The second-order valence-electron chi connectivity index (χ2n) is 10.4. The van der Waals surface area contributed by atoms with Crippen molar-refractivity contribution in [2.75, 3.05) is 25.6 Å². The van der Waals surface area contributed by atoms with Crippen LogP contribution in [0.15, 0.2) is 66.1 Å². The van der Waals surface area contributed by atoms with Gasteiger partial charge in [0.15, 0.2) is 17.1 Å². The van der Waals surface area contributed by atoms with Crippen molar-refractivity contribution in [1.29, 1.82) is 0 Å². The first kappa shape index (κ1) is 25.4. The Bertz CT molecular complexity index is 1550. The van der Waals surface area contributed by atoms with E-state index in [0.717, 1.165) is 5.69 Å². The smallest absolute Gasteiger partial charge is 0.278 e. The van der Waals surface area contributed by atoms with Crippen LogP contribution in [0.25, 0.3) is 16.9 Å². The molecule has 10 heteroatoms. The van der Waals surface area contributed by atoms with Crippen LogP contribution in [0.3, 0.4) is 0 Å². The summed E-state index contributed by atoms with van der Waals surface area (Å²) in [6, 6.07) is 14.4. The molecule has 1 aliphatic heterocycles. The lowest BCUT2D eigenvalue weighted by molar-refractivity contribution is -0.186. The summed E-state index contributed by atoms with van der Waals surface area (Å²) >= 11 is 0. The highest BCUT2D eigenvalue weighted by atomic mass is 16.5. The lowest BCUT2D eigenvalue weighted by Gasteiger charge is -2.35. The van der Waals surface area contributed by atoms with Crippen molar-refractivity contribution >= 4 is 22.7 Å². The summed E-state index contributed by atoms with van der Waals surface area (Å²) in [5, 5.41) is 17.8. The fraction of sp³-hybridized carbons (Fsp3) is 0.379. The van der Waals surface area contributed by atoms with Gasteiger partial charge in [-0.25, -0.2) is 19.3 Å². The standard InChI is InChI=1S/C29H33N7O3/c1-3-15-35-27(37)23-16-31-28(32-22-13-9-20(10-14-22)19-7-11-21(30-2)12-8-19)34-26(23)36(35)25-6-4-5-24(33-25)29(38)17-39-18-29/h3-6,9-10,13-14,16,19,21,30,38H,1,7-8,11-12,15,17-18H2,2H3,(H,31,32,34).